The van der Waals surface area contributed by atoms with E-state index in [4.69, 9.17) is 14.2 Å². The van der Waals surface area contributed by atoms with Gasteiger partial charge in [0.1, 0.15) is 10.6 Å². The fourth-order valence-electron chi connectivity index (χ4n) is 2.84. The Morgan fingerprint density at radius 2 is 1.92 bits per heavy atom. The molecule has 1 aromatic rings. The number of ether oxygens (including phenoxy) is 3. The van der Waals surface area contributed by atoms with Crippen molar-refractivity contribution < 1.29 is 27.4 Å². The molecule has 148 valence electrons. The maximum atomic E-state index is 12.9. The topological polar surface area (TPSA) is 105 Å². The lowest BCUT2D eigenvalue weighted by molar-refractivity contribution is -0.315. The largest absolute Gasteiger partial charge is 0.460 e. The monoisotopic (exact) mass is 406 g/mol. The molecule has 1 fully saturated rings. The van der Waals surface area contributed by atoms with Crippen molar-refractivity contribution in [1.82, 2.24) is 10.2 Å². The van der Waals surface area contributed by atoms with Crippen LogP contribution in [0.2, 0.25) is 0 Å². The predicted octanol–water partition coefficient (Wildman–Crippen LogP) is 2.61. The Labute approximate surface area is 158 Å². The predicted molar refractivity (Wildman–Crippen MR) is 95.4 cm³/mol. The van der Waals surface area contributed by atoms with Gasteiger partial charge in [0.25, 0.3) is 0 Å². The van der Waals surface area contributed by atoms with Crippen molar-refractivity contribution >= 4 is 27.1 Å². The Bertz CT molecular complexity index is 781. The van der Waals surface area contributed by atoms with E-state index < -0.39 is 38.2 Å². The summed E-state index contributed by atoms with van der Waals surface area (Å²) in [5, 5.41) is 8.05. The molecule has 0 spiro atoms. The number of esters is 1. The molecule has 0 aromatic carbocycles. The van der Waals surface area contributed by atoms with Gasteiger partial charge in [-0.2, -0.15) is 0 Å². The second-order valence-corrected chi connectivity index (χ2v) is 11.5. The second kappa shape index (κ2) is 6.81. The van der Waals surface area contributed by atoms with E-state index in [2.05, 4.69) is 10.2 Å². The van der Waals surface area contributed by atoms with E-state index >= 15 is 0 Å². The van der Waals surface area contributed by atoms with Gasteiger partial charge in [0.05, 0.1) is 12.0 Å². The number of rotatable bonds is 4. The minimum atomic E-state index is -3.86. The highest BCUT2D eigenvalue weighted by Gasteiger charge is 2.50. The first-order valence-electron chi connectivity index (χ1n) is 8.26. The zero-order chi connectivity index (χ0) is 20.0. The fourth-order valence-corrected chi connectivity index (χ4v) is 5.71. The number of aryl methyl sites for hydroxylation is 1. The van der Waals surface area contributed by atoms with Crippen LogP contribution in [0.15, 0.2) is 4.34 Å². The molecule has 0 unspecified atom stereocenters. The summed E-state index contributed by atoms with van der Waals surface area (Å²) < 4.78 is 42.6. The lowest BCUT2D eigenvalue weighted by Crippen LogP contribution is -2.54. The first-order valence-corrected chi connectivity index (χ1v) is 10.6. The zero-order valence-electron chi connectivity index (χ0n) is 16.2. The quantitative estimate of drug-likeness (QED) is 0.703. The first kappa shape index (κ1) is 21.2. The summed E-state index contributed by atoms with van der Waals surface area (Å²) in [4.78, 5) is 12.3. The zero-order valence-corrected chi connectivity index (χ0v) is 17.8. The molecule has 8 nitrogen and oxygen atoms in total. The molecule has 0 bridgehead atoms. The maximum Gasteiger partial charge on any atom is 0.309 e. The number of sulfone groups is 1. The van der Waals surface area contributed by atoms with Gasteiger partial charge in [0.2, 0.25) is 14.2 Å². The molecule has 0 aliphatic carbocycles. The second-order valence-electron chi connectivity index (χ2n) is 8.10. The first-order chi connectivity index (χ1) is 11.6. The molecule has 1 saturated heterocycles. The van der Waals surface area contributed by atoms with Gasteiger partial charge in [-0.25, -0.2) is 8.42 Å². The van der Waals surface area contributed by atoms with Gasteiger partial charge in [-0.1, -0.05) is 11.3 Å². The van der Waals surface area contributed by atoms with E-state index in [0.29, 0.717) is 5.01 Å². The van der Waals surface area contributed by atoms with Crippen LogP contribution in [-0.2, 0) is 28.8 Å². The molecule has 0 saturated carbocycles. The number of aromatic nitrogens is 2. The number of hydrogen-bond donors (Lipinski definition) is 0. The molecular weight excluding hydrogens is 380 g/mol. The van der Waals surface area contributed by atoms with Crippen LogP contribution in [0.1, 0.15) is 59.4 Å². The third-order valence-electron chi connectivity index (χ3n) is 3.54. The Morgan fingerprint density at radius 3 is 2.42 bits per heavy atom. The Hall–Kier alpha value is -1.10. The van der Waals surface area contributed by atoms with Gasteiger partial charge in [0.15, 0.2) is 11.2 Å². The molecular formula is C16H26N2O6S2. The van der Waals surface area contributed by atoms with Crippen molar-refractivity contribution in [2.24, 2.45) is 0 Å². The fraction of sp³-hybridized carbons (Fsp3) is 0.812. The number of carbonyl (C=O) groups excluding carboxylic acids is 1. The van der Waals surface area contributed by atoms with Crippen LogP contribution >= 0.6 is 11.3 Å². The van der Waals surface area contributed by atoms with Crippen LogP contribution in [0.25, 0.3) is 0 Å². The lowest BCUT2D eigenvalue weighted by atomic mass is 9.96. The van der Waals surface area contributed by atoms with E-state index in [9.17, 15) is 13.2 Å². The maximum absolute atomic E-state index is 12.9. The van der Waals surface area contributed by atoms with Gasteiger partial charge >= 0.3 is 5.97 Å². The third-order valence-corrected chi connectivity index (χ3v) is 6.64. The van der Waals surface area contributed by atoms with Gasteiger partial charge in [0, 0.05) is 6.42 Å². The van der Waals surface area contributed by atoms with Crippen LogP contribution in [0.5, 0.6) is 0 Å². The lowest BCUT2D eigenvalue weighted by Gasteiger charge is -2.45. The van der Waals surface area contributed by atoms with E-state index in [1.807, 2.05) is 0 Å². The summed E-state index contributed by atoms with van der Waals surface area (Å²) >= 11 is 0.988. The average Bonchev–Trinajstić information content (AvgIpc) is 2.80. The Balaban J connectivity index is 2.26. The molecule has 1 aliphatic rings. The average molecular weight is 407 g/mol. The van der Waals surface area contributed by atoms with E-state index in [1.54, 1.807) is 48.5 Å². The molecule has 2 atom stereocenters. The summed E-state index contributed by atoms with van der Waals surface area (Å²) in [5.41, 5.74) is -2.88. The van der Waals surface area contributed by atoms with E-state index in [1.165, 1.54) is 0 Å². The van der Waals surface area contributed by atoms with Crippen molar-refractivity contribution in [2.45, 2.75) is 88.1 Å². The van der Waals surface area contributed by atoms with Crippen LogP contribution in [0.3, 0.4) is 0 Å². The van der Waals surface area contributed by atoms with Gasteiger partial charge in [-0.3, -0.25) is 4.79 Å². The summed E-state index contributed by atoms with van der Waals surface area (Å²) in [6.45, 7) is 11.9. The van der Waals surface area contributed by atoms with Crippen LogP contribution in [0.4, 0.5) is 0 Å². The van der Waals surface area contributed by atoms with Crippen LogP contribution < -0.4 is 0 Å². The Kier molecular flexibility index (Phi) is 5.55. The summed E-state index contributed by atoms with van der Waals surface area (Å²) in [5.74, 6) is -1.65. The molecule has 2 rings (SSSR count). The van der Waals surface area contributed by atoms with Crippen molar-refractivity contribution in [3.63, 3.8) is 0 Å². The standard InChI is InChI=1S/C16H26N2O6S2/c1-10-17-18-13(25-10)26(20,21)12-9-16(7,24-15(5,6)23-12)8-11(19)22-14(2,3)4/h12H,8-9H2,1-7H3/t12-,16-/m1/s1. The third kappa shape index (κ3) is 5.21. The molecule has 10 heteroatoms. The number of nitrogens with zero attached hydrogens (tertiary/aromatic N) is 2. The minimum Gasteiger partial charge on any atom is -0.460 e. The molecule has 26 heavy (non-hydrogen) atoms. The summed E-state index contributed by atoms with van der Waals surface area (Å²) in [6, 6.07) is 0. The normalized spacial score (nSPS) is 26.5. The van der Waals surface area contributed by atoms with Crippen molar-refractivity contribution in [3.8, 4) is 0 Å². The number of carbonyl (C=O) groups is 1. The summed E-state index contributed by atoms with van der Waals surface area (Å²) in [7, 11) is -3.86. The molecule has 0 N–H and O–H groups in total. The minimum absolute atomic E-state index is 0.0172. The van der Waals surface area contributed by atoms with E-state index in [-0.39, 0.29) is 17.2 Å². The Morgan fingerprint density at radius 1 is 1.31 bits per heavy atom. The highest BCUT2D eigenvalue weighted by Crippen LogP contribution is 2.40. The number of hydrogen-bond acceptors (Lipinski definition) is 9. The summed E-state index contributed by atoms with van der Waals surface area (Å²) in [6.07, 6.45) is -0.102. The van der Waals surface area contributed by atoms with Crippen molar-refractivity contribution in [2.75, 3.05) is 0 Å². The van der Waals surface area contributed by atoms with Crippen LogP contribution in [0, 0.1) is 6.92 Å². The van der Waals surface area contributed by atoms with Gasteiger partial charge < -0.3 is 14.2 Å². The molecule has 0 amide bonds. The molecule has 2 heterocycles. The highest BCUT2D eigenvalue weighted by molar-refractivity contribution is 7.93. The van der Waals surface area contributed by atoms with Crippen molar-refractivity contribution in [3.05, 3.63) is 5.01 Å². The SMILES string of the molecule is Cc1nnc(S(=O)(=O)[C@@H]2C[C@@](C)(CC(=O)OC(C)(C)C)OC(C)(C)O2)s1. The highest BCUT2D eigenvalue weighted by atomic mass is 32.2. The molecule has 1 aromatic heterocycles. The van der Waals surface area contributed by atoms with Gasteiger partial charge in [-0.05, 0) is 48.5 Å². The smallest absolute Gasteiger partial charge is 0.309 e. The van der Waals surface area contributed by atoms with Crippen molar-refractivity contribution in [1.29, 1.82) is 0 Å². The molecule has 1 aliphatic heterocycles. The van der Waals surface area contributed by atoms with Crippen LogP contribution in [-0.4, -0.2) is 47.0 Å². The van der Waals surface area contributed by atoms with Gasteiger partial charge in [-0.15, -0.1) is 10.2 Å². The molecule has 0 radical (unpaired) electrons. The van der Waals surface area contributed by atoms with E-state index in [0.717, 1.165) is 11.3 Å².